The number of benzene rings is 1. The highest BCUT2D eigenvalue weighted by atomic mass is 16.5. The molecule has 214 valence electrons. The van der Waals surface area contributed by atoms with E-state index in [0.717, 1.165) is 17.8 Å². The molecule has 40 heavy (non-hydrogen) atoms. The van der Waals surface area contributed by atoms with E-state index in [9.17, 15) is 14.4 Å². The summed E-state index contributed by atoms with van der Waals surface area (Å²) >= 11 is 0. The molecule has 3 atom stereocenters. The summed E-state index contributed by atoms with van der Waals surface area (Å²) in [5.74, 6) is 0.906. The summed E-state index contributed by atoms with van der Waals surface area (Å²) in [7, 11) is 0. The molecule has 0 radical (unpaired) electrons. The molecular weight excluding hydrogens is 506 g/mol. The second kappa shape index (κ2) is 12.8. The average molecular weight is 548 g/mol. The SMILES string of the molecule is Cc1nccn1CCC(=O)N1CC[C@@H]2NC(=O)[C@@H](Cc3ccccc3)NC(=O)C3(C/C=C/C[C@@H]2C1)CCOCC3. The highest BCUT2D eigenvalue weighted by Crippen LogP contribution is 2.36. The smallest absolute Gasteiger partial charge is 0.243 e. The fourth-order valence-electron chi connectivity index (χ4n) is 6.22. The molecule has 1 spiro atoms. The molecule has 3 amide bonds. The van der Waals surface area contributed by atoms with Gasteiger partial charge in [-0.05, 0) is 44.6 Å². The maximum Gasteiger partial charge on any atom is 0.243 e. The van der Waals surface area contributed by atoms with Crippen molar-refractivity contribution in [1.82, 2.24) is 25.1 Å². The Hall–Kier alpha value is -3.46. The lowest BCUT2D eigenvalue weighted by atomic mass is 9.75. The van der Waals surface area contributed by atoms with Crippen molar-refractivity contribution in [2.24, 2.45) is 11.3 Å². The van der Waals surface area contributed by atoms with Crippen LogP contribution in [0.25, 0.3) is 0 Å². The molecule has 0 saturated carbocycles. The van der Waals surface area contributed by atoms with Crippen LogP contribution in [0.15, 0.2) is 54.9 Å². The number of rotatable bonds is 5. The van der Waals surface area contributed by atoms with Gasteiger partial charge in [-0.15, -0.1) is 0 Å². The second-order valence-corrected chi connectivity index (χ2v) is 11.4. The normalized spacial score (nSPS) is 26.1. The van der Waals surface area contributed by atoms with Gasteiger partial charge in [-0.1, -0.05) is 42.5 Å². The molecule has 0 unspecified atom stereocenters. The molecule has 2 fully saturated rings. The van der Waals surface area contributed by atoms with Gasteiger partial charge in [0.2, 0.25) is 17.7 Å². The maximum absolute atomic E-state index is 13.7. The highest BCUT2D eigenvalue weighted by Gasteiger charge is 2.41. The van der Waals surface area contributed by atoms with Crippen molar-refractivity contribution < 1.29 is 19.1 Å². The van der Waals surface area contributed by atoms with Crippen molar-refractivity contribution in [3.05, 3.63) is 66.3 Å². The number of likely N-dealkylation sites (tertiary alicyclic amines) is 1. The van der Waals surface area contributed by atoms with E-state index < -0.39 is 11.5 Å². The molecule has 3 aliphatic heterocycles. The van der Waals surface area contributed by atoms with Gasteiger partial charge in [0.15, 0.2) is 0 Å². The number of piperidine rings is 1. The number of hydrogen-bond acceptors (Lipinski definition) is 5. The first-order chi connectivity index (χ1) is 19.4. The van der Waals surface area contributed by atoms with E-state index in [4.69, 9.17) is 4.74 Å². The number of hydrogen-bond donors (Lipinski definition) is 2. The molecule has 0 aliphatic carbocycles. The first-order valence-corrected chi connectivity index (χ1v) is 14.6. The summed E-state index contributed by atoms with van der Waals surface area (Å²) in [6.45, 7) is 4.83. The molecule has 2 aromatic rings. The van der Waals surface area contributed by atoms with Crippen LogP contribution in [-0.4, -0.2) is 70.6 Å². The van der Waals surface area contributed by atoms with E-state index in [-0.39, 0.29) is 29.7 Å². The monoisotopic (exact) mass is 547 g/mol. The second-order valence-electron chi connectivity index (χ2n) is 11.4. The van der Waals surface area contributed by atoms with Crippen molar-refractivity contribution in [3.8, 4) is 0 Å². The van der Waals surface area contributed by atoms with Gasteiger partial charge in [-0.25, -0.2) is 4.98 Å². The quantitative estimate of drug-likeness (QED) is 0.560. The van der Waals surface area contributed by atoms with E-state index in [0.29, 0.717) is 71.4 Å². The number of aromatic nitrogens is 2. The third kappa shape index (κ3) is 6.63. The van der Waals surface area contributed by atoms with Crippen LogP contribution in [-0.2, 0) is 32.1 Å². The summed E-state index contributed by atoms with van der Waals surface area (Å²) < 4.78 is 7.59. The highest BCUT2D eigenvalue weighted by molar-refractivity contribution is 5.90. The van der Waals surface area contributed by atoms with Crippen LogP contribution in [0, 0.1) is 18.3 Å². The molecule has 9 heteroatoms. The van der Waals surface area contributed by atoms with Crippen LogP contribution in [0.3, 0.4) is 0 Å². The Morgan fingerprint density at radius 1 is 1.12 bits per heavy atom. The Labute approximate surface area is 236 Å². The van der Waals surface area contributed by atoms with Gasteiger partial charge < -0.3 is 24.8 Å². The zero-order valence-corrected chi connectivity index (χ0v) is 23.4. The summed E-state index contributed by atoms with van der Waals surface area (Å²) in [4.78, 5) is 46.8. The Kier molecular flexibility index (Phi) is 8.99. The zero-order valence-electron chi connectivity index (χ0n) is 23.4. The van der Waals surface area contributed by atoms with Crippen molar-refractivity contribution >= 4 is 17.7 Å². The number of carbonyl (C=O) groups excluding carboxylic acids is 3. The van der Waals surface area contributed by atoms with Crippen LogP contribution < -0.4 is 10.6 Å². The van der Waals surface area contributed by atoms with Crippen LogP contribution in [0.2, 0.25) is 0 Å². The van der Waals surface area contributed by atoms with Crippen LogP contribution in [0.5, 0.6) is 0 Å². The summed E-state index contributed by atoms with van der Waals surface area (Å²) in [6.07, 6.45) is 12.1. The third-order valence-corrected chi connectivity index (χ3v) is 8.85. The molecule has 2 N–H and O–H groups in total. The Balaban J connectivity index is 1.33. The lowest BCUT2D eigenvalue weighted by Gasteiger charge is -2.40. The number of imidazole rings is 1. The lowest BCUT2D eigenvalue weighted by molar-refractivity contribution is -0.140. The predicted molar refractivity (Wildman–Crippen MR) is 151 cm³/mol. The Bertz CT molecular complexity index is 1200. The number of nitrogens with zero attached hydrogens (tertiary/aromatic N) is 3. The summed E-state index contributed by atoms with van der Waals surface area (Å²) in [5.41, 5.74) is 0.420. The average Bonchev–Trinajstić information content (AvgIpc) is 3.39. The number of fused-ring (bicyclic) bond motifs is 1. The Morgan fingerprint density at radius 2 is 1.93 bits per heavy atom. The van der Waals surface area contributed by atoms with Gasteiger partial charge in [-0.2, -0.15) is 0 Å². The number of allylic oxidation sites excluding steroid dienone is 2. The summed E-state index contributed by atoms with van der Waals surface area (Å²) in [6, 6.07) is 9.09. The van der Waals surface area contributed by atoms with Crippen molar-refractivity contribution in [2.45, 2.75) is 70.5 Å². The maximum atomic E-state index is 13.7. The van der Waals surface area contributed by atoms with E-state index in [2.05, 4.69) is 27.8 Å². The van der Waals surface area contributed by atoms with E-state index in [1.807, 2.05) is 52.9 Å². The number of amides is 3. The number of aryl methyl sites for hydroxylation is 2. The van der Waals surface area contributed by atoms with E-state index in [1.54, 1.807) is 6.20 Å². The number of nitrogens with one attached hydrogen (secondary N) is 2. The minimum atomic E-state index is -0.670. The predicted octanol–water partition coefficient (Wildman–Crippen LogP) is 2.79. The fraction of sp³-hybridized carbons (Fsp3) is 0.548. The topological polar surface area (TPSA) is 106 Å². The molecule has 1 aromatic carbocycles. The van der Waals surface area contributed by atoms with Gasteiger partial charge in [0.1, 0.15) is 11.9 Å². The first-order valence-electron chi connectivity index (χ1n) is 14.6. The largest absolute Gasteiger partial charge is 0.381 e. The van der Waals surface area contributed by atoms with Gasteiger partial charge in [-0.3, -0.25) is 14.4 Å². The molecular formula is C31H41N5O4. The van der Waals surface area contributed by atoms with Crippen LogP contribution >= 0.6 is 0 Å². The molecule has 5 rings (SSSR count). The van der Waals surface area contributed by atoms with Crippen LogP contribution in [0.4, 0.5) is 0 Å². The zero-order chi connectivity index (χ0) is 28.0. The summed E-state index contributed by atoms with van der Waals surface area (Å²) in [5, 5.41) is 6.42. The molecule has 4 heterocycles. The standard InChI is InChI=1S/C31H41N5O4/c1-23-32-15-18-35(23)17-11-28(37)36-16-10-26-25(22-36)9-5-6-12-31(13-19-40-20-14-31)30(39)34-27(29(38)33-26)21-24-7-3-2-4-8-24/h2-8,15,18,25-27H,9-14,16-17,19-22H2,1H3,(H,33,38)(H,34,39)/b6-5+/t25-,26+,27-/m1/s1. The molecule has 0 bridgehead atoms. The Morgan fingerprint density at radius 3 is 2.67 bits per heavy atom. The molecule has 9 nitrogen and oxygen atoms in total. The van der Waals surface area contributed by atoms with Gasteiger partial charge >= 0.3 is 0 Å². The third-order valence-electron chi connectivity index (χ3n) is 8.85. The van der Waals surface area contributed by atoms with Gasteiger partial charge in [0, 0.05) is 70.0 Å². The number of carbonyl (C=O) groups is 3. The van der Waals surface area contributed by atoms with Crippen LogP contribution in [0.1, 0.15) is 49.9 Å². The van der Waals surface area contributed by atoms with Gasteiger partial charge in [0.05, 0.1) is 5.41 Å². The minimum Gasteiger partial charge on any atom is -0.381 e. The molecule has 1 aromatic heterocycles. The minimum absolute atomic E-state index is 0.0660. The fourth-order valence-corrected chi connectivity index (χ4v) is 6.22. The molecule has 3 aliphatic rings. The van der Waals surface area contributed by atoms with E-state index in [1.165, 1.54) is 0 Å². The van der Waals surface area contributed by atoms with E-state index >= 15 is 0 Å². The van der Waals surface area contributed by atoms with Crippen molar-refractivity contribution in [2.75, 3.05) is 26.3 Å². The van der Waals surface area contributed by atoms with Gasteiger partial charge in [0.25, 0.3) is 0 Å². The molecule has 2 saturated heterocycles. The first kappa shape index (κ1) is 28.1. The number of ether oxygens (including phenoxy) is 1. The van der Waals surface area contributed by atoms with Crippen molar-refractivity contribution in [3.63, 3.8) is 0 Å². The lowest BCUT2D eigenvalue weighted by Crippen LogP contribution is -2.58. The van der Waals surface area contributed by atoms with Crippen molar-refractivity contribution in [1.29, 1.82) is 0 Å².